The maximum Gasteiger partial charge on any atom is 0.119 e. The number of rotatable bonds is 4. The lowest BCUT2D eigenvalue weighted by Gasteiger charge is -2.21. The van der Waals surface area contributed by atoms with Gasteiger partial charge in [-0.15, -0.1) is 0 Å². The van der Waals surface area contributed by atoms with Crippen molar-refractivity contribution in [3.8, 4) is 5.75 Å². The third kappa shape index (κ3) is 1.61. The molecule has 2 heteroatoms. The summed E-state index contributed by atoms with van der Waals surface area (Å²) in [7, 11) is 2.04. The van der Waals surface area contributed by atoms with Gasteiger partial charge >= 0.3 is 0 Å². The Labute approximate surface area is 98.0 Å². The third-order valence-corrected chi connectivity index (χ3v) is 3.80. The van der Waals surface area contributed by atoms with E-state index in [1.807, 2.05) is 20.0 Å². The van der Waals surface area contributed by atoms with Gasteiger partial charge in [-0.2, -0.15) is 0 Å². The average molecular weight is 219 g/mol. The lowest BCUT2D eigenvalue weighted by molar-refractivity contribution is 0.338. The minimum atomic E-state index is 0.139. The molecule has 88 valence electrons. The molecular formula is C14H21NO. The van der Waals surface area contributed by atoms with Crippen LogP contribution in [0.25, 0.3) is 0 Å². The van der Waals surface area contributed by atoms with Crippen LogP contribution < -0.4 is 10.1 Å². The summed E-state index contributed by atoms with van der Waals surface area (Å²) in [4.78, 5) is 0. The van der Waals surface area contributed by atoms with Crippen LogP contribution in [0, 0.1) is 5.41 Å². The fourth-order valence-electron chi connectivity index (χ4n) is 2.70. The van der Waals surface area contributed by atoms with E-state index in [0.717, 1.165) is 12.4 Å². The molecule has 0 amide bonds. The van der Waals surface area contributed by atoms with Gasteiger partial charge in [-0.25, -0.2) is 0 Å². The van der Waals surface area contributed by atoms with Crippen molar-refractivity contribution < 1.29 is 4.74 Å². The Morgan fingerprint density at radius 2 is 2.06 bits per heavy atom. The van der Waals surface area contributed by atoms with E-state index in [1.54, 1.807) is 0 Å². The highest BCUT2D eigenvalue weighted by Crippen LogP contribution is 2.62. The van der Waals surface area contributed by atoms with E-state index in [2.05, 4.69) is 37.4 Å². The molecule has 0 aliphatic heterocycles. The van der Waals surface area contributed by atoms with E-state index in [-0.39, 0.29) is 5.54 Å². The minimum Gasteiger partial charge on any atom is -0.494 e. The van der Waals surface area contributed by atoms with Crippen molar-refractivity contribution in [2.75, 3.05) is 13.7 Å². The second-order valence-electron chi connectivity index (χ2n) is 5.18. The van der Waals surface area contributed by atoms with Gasteiger partial charge in [-0.3, -0.25) is 0 Å². The van der Waals surface area contributed by atoms with Gasteiger partial charge in [0.1, 0.15) is 5.75 Å². The molecular weight excluding hydrogens is 198 g/mol. The molecule has 0 saturated heterocycles. The summed E-state index contributed by atoms with van der Waals surface area (Å²) < 4.78 is 5.55. The van der Waals surface area contributed by atoms with Crippen molar-refractivity contribution >= 4 is 0 Å². The maximum absolute atomic E-state index is 5.55. The number of hydrogen-bond acceptors (Lipinski definition) is 2. The highest BCUT2D eigenvalue weighted by molar-refractivity contribution is 5.40. The SMILES string of the molecule is CCOc1cccc(C2(NC)CC2(C)C)c1. The van der Waals surface area contributed by atoms with Crippen LogP contribution in [0.5, 0.6) is 5.75 Å². The first kappa shape index (κ1) is 11.5. The van der Waals surface area contributed by atoms with Gasteiger partial charge in [-0.1, -0.05) is 26.0 Å². The molecule has 0 heterocycles. The van der Waals surface area contributed by atoms with Crippen LogP contribution in [0.15, 0.2) is 24.3 Å². The highest BCUT2D eigenvalue weighted by Gasteiger charge is 2.61. The van der Waals surface area contributed by atoms with Crippen molar-refractivity contribution in [2.45, 2.75) is 32.7 Å². The standard InChI is InChI=1S/C14H21NO/c1-5-16-12-8-6-7-11(9-12)14(15-4)10-13(14,2)3/h6-9,15H,5,10H2,1-4H3. The topological polar surface area (TPSA) is 21.3 Å². The first-order chi connectivity index (χ1) is 7.55. The van der Waals surface area contributed by atoms with Crippen LogP contribution in [-0.2, 0) is 5.54 Å². The van der Waals surface area contributed by atoms with Crippen molar-refractivity contribution in [3.63, 3.8) is 0 Å². The van der Waals surface area contributed by atoms with E-state index < -0.39 is 0 Å². The summed E-state index contributed by atoms with van der Waals surface area (Å²) in [6.45, 7) is 7.34. The Morgan fingerprint density at radius 3 is 2.56 bits per heavy atom. The molecule has 1 aliphatic rings. The minimum absolute atomic E-state index is 0.139. The normalized spacial score (nSPS) is 26.5. The Morgan fingerprint density at radius 1 is 1.38 bits per heavy atom. The predicted molar refractivity (Wildman–Crippen MR) is 66.7 cm³/mol. The molecule has 2 rings (SSSR count). The summed E-state index contributed by atoms with van der Waals surface area (Å²) in [6, 6.07) is 8.45. The van der Waals surface area contributed by atoms with Crippen LogP contribution in [-0.4, -0.2) is 13.7 Å². The molecule has 2 nitrogen and oxygen atoms in total. The molecule has 1 N–H and O–H groups in total. The van der Waals surface area contributed by atoms with Gasteiger partial charge < -0.3 is 10.1 Å². The quantitative estimate of drug-likeness (QED) is 0.840. The molecule has 1 aromatic rings. The fourth-order valence-corrected chi connectivity index (χ4v) is 2.70. The summed E-state index contributed by atoms with van der Waals surface area (Å²) in [6.07, 6.45) is 1.19. The van der Waals surface area contributed by atoms with Gasteiger partial charge in [0.15, 0.2) is 0 Å². The molecule has 0 spiro atoms. The smallest absolute Gasteiger partial charge is 0.119 e. The molecule has 1 fully saturated rings. The Hall–Kier alpha value is -1.02. The zero-order valence-electron chi connectivity index (χ0n) is 10.6. The van der Waals surface area contributed by atoms with Crippen molar-refractivity contribution in [3.05, 3.63) is 29.8 Å². The van der Waals surface area contributed by atoms with Gasteiger partial charge in [0.05, 0.1) is 6.61 Å². The van der Waals surface area contributed by atoms with Gasteiger partial charge in [0.2, 0.25) is 0 Å². The number of ether oxygens (including phenoxy) is 1. The molecule has 16 heavy (non-hydrogen) atoms. The second kappa shape index (κ2) is 3.77. The Bertz CT molecular complexity index is 386. The predicted octanol–water partition coefficient (Wildman–Crippen LogP) is 2.93. The highest BCUT2D eigenvalue weighted by atomic mass is 16.5. The number of hydrogen-bond donors (Lipinski definition) is 1. The Balaban J connectivity index is 2.30. The molecule has 0 bridgehead atoms. The molecule has 1 saturated carbocycles. The zero-order valence-corrected chi connectivity index (χ0v) is 10.6. The fraction of sp³-hybridized carbons (Fsp3) is 0.571. The first-order valence-electron chi connectivity index (χ1n) is 5.98. The lowest BCUT2D eigenvalue weighted by atomic mass is 9.96. The van der Waals surface area contributed by atoms with Gasteiger partial charge in [0, 0.05) is 5.54 Å². The first-order valence-corrected chi connectivity index (χ1v) is 5.98. The molecule has 1 atom stereocenters. The van der Waals surface area contributed by atoms with Crippen molar-refractivity contribution in [1.82, 2.24) is 5.32 Å². The largest absolute Gasteiger partial charge is 0.494 e. The van der Waals surface area contributed by atoms with E-state index in [4.69, 9.17) is 4.74 Å². The Kier molecular flexibility index (Phi) is 2.70. The number of nitrogens with one attached hydrogen (secondary N) is 1. The number of benzene rings is 1. The zero-order chi connectivity index (χ0) is 11.8. The summed E-state index contributed by atoms with van der Waals surface area (Å²) in [5.74, 6) is 0.970. The monoisotopic (exact) mass is 219 g/mol. The molecule has 0 aromatic heterocycles. The molecule has 0 radical (unpaired) electrons. The van der Waals surface area contributed by atoms with E-state index >= 15 is 0 Å². The van der Waals surface area contributed by atoms with Crippen molar-refractivity contribution in [2.24, 2.45) is 5.41 Å². The van der Waals surface area contributed by atoms with E-state index in [0.29, 0.717) is 5.41 Å². The average Bonchev–Trinajstić information content (AvgIpc) is 2.83. The molecule has 1 aromatic carbocycles. The van der Waals surface area contributed by atoms with Crippen LogP contribution in [0.3, 0.4) is 0 Å². The van der Waals surface area contributed by atoms with Crippen molar-refractivity contribution in [1.29, 1.82) is 0 Å². The molecule has 1 aliphatic carbocycles. The molecule has 1 unspecified atom stereocenters. The van der Waals surface area contributed by atoms with Crippen LogP contribution in [0.2, 0.25) is 0 Å². The van der Waals surface area contributed by atoms with E-state index in [9.17, 15) is 0 Å². The maximum atomic E-state index is 5.55. The van der Waals surface area contributed by atoms with Crippen LogP contribution in [0.1, 0.15) is 32.8 Å². The summed E-state index contributed by atoms with van der Waals surface area (Å²) >= 11 is 0. The second-order valence-corrected chi connectivity index (χ2v) is 5.18. The van der Waals surface area contributed by atoms with Gasteiger partial charge in [0.25, 0.3) is 0 Å². The van der Waals surface area contributed by atoms with Crippen LogP contribution >= 0.6 is 0 Å². The van der Waals surface area contributed by atoms with E-state index in [1.165, 1.54) is 12.0 Å². The third-order valence-electron chi connectivity index (χ3n) is 3.80. The van der Waals surface area contributed by atoms with Gasteiger partial charge in [-0.05, 0) is 43.5 Å². The summed E-state index contributed by atoms with van der Waals surface area (Å²) in [5, 5.41) is 3.47. The summed E-state index contributed by atoms with van der Waals surface area (Å²) in [5.41, 5.74) is 1.82. The van der Waals surface area contributed by atoms with Crippen LogP contribution in [0.4, 0.5) is 0 Å². The lowest BCUT2D eigenvalue weighted by Crippen LogP contribution is -2.29.